The highest BCUT2D eigenvalue weighted by molar-refractivity contribution is 6.47. The number of aliphatic hydroxyl groups is 1. The number of fused-ring (bicyclic) bond motifs is 1. The van der Waals surface area contributed by atoms with Gasteiger partial charge in [-0.15, -0.1) is 0 Å². The lowest BCUT2D eigenvalue weighted by Gasteiger charge is -2.26. The highest BCUT2D eigenvalue weighted by atomic mass is 35.5. The number of hydrogen-bond donors (Lipinski definition) is 1. The highest BCUT2D eigenvalue weighted by Gasteiger charge is 2.46. The molecule has 0 aromatic heterocycles. The molecular weight excluding hydrogens is 457 g/mol. The molecule has 2 aromatic carbocycles. The minimum absolute atomic E-state index is 0.0479. The van der Waals surface area contributed by atoms with Crippen LogP contribution in [-0.4, -0.2) is 55.2 Å². The van der Waals surface area contributed by atoms with Crippen LogP contribution in [0.1, 0.15) is 23.6 Å². The largest absolute Gasteiger partial charge is 0.507 e. The van der Waals surface area contributed by atoms with Gasteiger partial charge in [-0.3, -0.25) is 9.59 Å². The first-order valence-corrected chi connectivity index (χ1v) is 10.8. The van der Waals surface area contributed by atoms with E-state index in [0.29, 0.717) is 53.9 Å². The van der Waals surface area contributed by atoms with Gasteiger partial charge in [-0.1, -0.05) is 29.3 Å². The van der Waals surface area contributed by atoms with E-state index in [0.717, 1.165) is 0 Å². The maximum atomic E-state index is 13.0. The second-order valence-electron chi connectivity index (χ2n) is 7.36. The van der Waals surface area contributed by atoms with E-state index in [1.807, 2.05) is 0 Å². The smallest absolute Gasteiger partial charge is 0.295 e. The maximum Gasteiger partial charge on any atom is 0.295 e. The topological polar surface area (TPSA) is 85.3 Å². The number of ketones is 1. The second-order valence-corrected chi connectivity index (χ2v) is 8.21. The number of carbonyl (C=O) groups is 2. The average Bonchev–Trinajstić information content (AvgIpc) is 3.03. The van der Waals surface area contributed by atoms with Crippen LogP contribution in [0.25, 0.3) is 5.76 Å². The second kappa shape index (κ2) is 9.40. The molecule has 1 atom stereocenters. The first-order chi connectivity index (χ1) is 15.4. The molecule has 7 nitrogen and oxygen atoms in total. The molecule has 0 bridgehead atoms. The third kappa shape index (κ3) is 4.16. The van der Waals surface area contributed by atoms with E-state index in [1.54, 1.807) is 37.4 Å². The number of methoxy groups -OCH3 is 1. The number of rotatable bonds is 6. The summed E-state index contributed by atoms with van der Waals surface area (Å²) in [6.07, 6.45) is 0.509. The lowest BCUT2D eigenvalue weighted by atomic mass is 9.95. The lowest BCUT2D eigenvalue weighted by molar-refractivity contribution is -0.140. The van der Waals surface area contributed by atoms with E-state index in [9.17, 15) is 14.7 Å². The summed E-state index contributed by atoms with van der Waals surface area (Å²) in [7, 11) is 1.56. The summed E-state index contributed by atoms with van der Waals surface area (Å²) in [6, 6.07) is 8.80. The Balaban J connectivity index is 1.83. The van der Waals surface area contributed by atoms with Crippen LogP contribution in [-0.2, 0) is 14.3 Å². The number of ether oxygens (including phenoxy) is 3. The van der Waals surface area contributed by atoms with E-state index < -0.39 is 17.7 Å². The van der Waals surface area contributed by atoms with E-state index in [4.69, 9.17) is 37.4 Å². The molecule has 1 saturated heterocycles. The van der Waals surface area contributed by atoms with Crippen LogP contribution >= 0.6 is 23.2 Å². The Hall–Kier alpha value is -2.74. The molecule has 1 amide bonds. The minimum Gasteiger partial charge on any atom is -0.507 e. The van der Waals surface area contributed by atoms with E-state index in [2.05, 4.69) is 0 Å². The van der Waals surface area contributed by atoms with E-state index in [1.165, 1.54) is 11.0 Å². The SMILES string of the molecule is COCCCN1C(=O)C(=O)/C(=C(/O)c2ccc3c(c2)OCCO3)C1c1ccc(Cl)cc1Cl. The van der Waals surface area contributed by atoms with Crippen molar-refractivity contribution in [1.82, 2.24) is 4.90 Å². The van der Waals surface area contributed by atoms with Gasteiger partial charge in [0.2, 0.25) is 0 Å². The van der Waals surface area contributed by atoms with Gasteiger partial charge >= 0.3 is 0 Å². The Morgan fingerprint density at radius 3 is 2.59 bits per heavy atom. The number of Topliss-reactive ketones (excluding diaryl/α,β-unsaturated/α-hetero) is 1. The molecule has 32 heavy (non-hydrogen) atoms. The van der Waals surface area contributed by atoms with Gasteiger partial charge in [0.05, 0.1) is 11.6 Å². The van der Waals surface area contributed by atoms with Gasteiger partial charge in [0.1, 0.15) is 19.0 Å². The van der Waals surface area contributed by atoms with Crippen molar-refractivity contribution in [3.63, 3.8) is 0 Å². The van der Waals surface area contributed by atoms with Crippen LogP contribution in [0.5, 0.6) is 11.5 Å². The third-order valence-corrected chi connectivity index (χ3v) is 5.92. The van der Waals surface area contributed by atoms with Crippen molar-refractivity contribution < 1.29 is 28.9 Å². The first-order valence-electron chi connectivity index (χ1n) is 10.0. The molecule has 0 spiro atoms. The molecule has 2 aliphatic rings. The van der Waals surface area contributed by atoms with Crippen LogP contribution in [0.15, 0.2) is 42.0 Å². The number of nitrogens with zero attached hydrogens (tertiary/aromatic N) is 1. The zero-order valence-electron chi connectivity index (χ0n) is 17.3. The Bertz CT molecular complexity index is 1100. The Morgan fingerprint density at radius 1 is 1.12 bits per heavy atom. The number of benzene rings is 2. The molecule has 4 rings (SSSR count). The molecule has 9 heteroatoms. The number of halogens is 2. The predicted molar refractivity (Wildman–Crippen MR) is 119 cm³/mol. The van der Waals surface area contributed by atoms with Crippen molar-refractivity contribution >= 4 is 40.7 Å². The fraction of sp³-hybridized carbons (Fsp3) is 0.304. The van der Waals surface area contributed by atoms with Gasteiger partial charge in [0.15, 0.2) is 11.5 Å². The van der Waals surface area contributed by atoms with E-state index in [-0.39, 0.29) is 22.9 Å². The maximum absolute atomic E-state index is 13.0. The van der Waals surface area contributed by atoms with Crippen LogP contribution < -0.4 is 9.47 Å². The molecular formula is C23H21Cl2NO6. The normalized spacial score (nSPS) is 19.5. The molecule has 0 saturated carbocycles. The van der Waals surface area contributed by atoms with Gasteiger partial charge in [-0.2, -0.15) is 0 Å². The standard InChI is InChI=1S/C23H21Cl2NO6/c1-30-8-2-7-26-20(15-5-4-14(24)12-16(15)25)19(22(28)23(26)29)21(27)13-3-6-17-18(11-13)32-10-9-31-17/h3-6,11-12,20,27H,2,7-10H2,1H3/b21-19+. The minimum atomic E-state index is -0.871. The highest BCUT2D eigenvalue weighted by Crippen LogP contribution is 2.43. The van der Waals surface area contributed by atoms with Crippen LogP contribution in [0.4, 0.5) is 0 Å². The molecule has 1 fully saturated rings. The zero-order chi connectivity index (χ0) is 22.8. The molecule has 168 valence electrons. The fourth-order valence-corrected chi connectivity index (χ4v) is 4.39. The van der Waals surface area contributed by atoms with Crippen molar-refractivity contribution in [2.45, 2.75) is 12.5 Å². The molecule has 1 N–H and O–H groups in total. The van der Waals surface area contributed by atoms with Gasteiger partial charge in [-0.05, 0) is 42.3 Å². The number of carbonyl (C=O) groups excluding carboxylic acids is 2. The molecule has 2 heterocycles. The fourth-order valence-electron chi connectivity index (χ4n) is 3.88. The van der Waals surface area contributed by atoms with Crippen molar-refractivity contribution in [1.29, 1.82) is 0 Å². The summed E-state index contributed by atoms with van der Waals surface area (Å²) in [5.41, 5.74) is 0.777. The lowest BCUT2D eigenvalue weighted by Crippen LogP contribution is -2.31. The summed E-state index contributed by atoms with van der Waals surface area (Å²) in [4.78, 5) is 27.4. The molecule has 0 aliphatic carbocycles. The van der Waals surface area contributed by atoms with Crippen molar-refractivity contribution in [2.75, 3.05) is 33.5 Å². The van der Waals surface area contributed by atoms with Crippen LogP contribution in [0.3, 0.4) is 0 Å². The summed E-state index contributed by atoms with van der Waals surface area (Å²) in [5, 5.41) is 11.9. The van der Waals surface area contributed by atoms with Gasteiger partial charge in [0.25, 0.3) is 11.7 Å². The Morgan fingerprint density at radius 2 is 1.88 bits per heavy atom. The van der Waals surface area contributed by atoms with Crippen molar-refractivity contribution in [3.8, 4) is 11.5 Å². The monoisotopic (exact) mass is 477 g/mol. The van der Waals surface area contributed by atoms with Crippen molar-refractivity contribution in [3.05, 3.63) is 63.1 Å². The zero-order valence-corrected chi connectivity index (χ0v) is 18.8. The molecule has 0 radical (unpaired) electrons. The number of aliphatic hydroxyl groups excluding tert-OH is 1. The summed E-state index contributed by atoms with van der Waals surface area (Å²) >= 11 is 12.5. The number of amides is 1. The van der Waals surface area contributed by atoms with Gasteiger partial charge in [0, 0.05) is 35.9 Å². The third-order valence-electron chi connectivity index (χ3n) is 5.36. The predicted octanol–water partition coefficient (Wildman–Crippen LogP) is 4.22. The molecule has 2 aliphatic heterocycles. The summed E-state index contributed by atoms with van der Waals surface area (Å²) < 4.78 is 16.2. The quantitative estimate of drug-likeness (QED) is 0.290. The number of hydrogen-bond acceptors (Lipinski definition) is 6. The van der Waals surface area contributed by atoms with Gasteiger partial charge < -0.3 is 24.2 Å². The molecule has 1 unspecified atom stereocenters. The van der Waals surface area contributed by atoms with Crippen LogP contribution in [0, 0.1) is 0 Å². The average molecular weight is 478 g/mol. The van der Waals surface area contributed by atoms with Crippen molar-refractivity contribution in [2.24, 2.45) is 0 Å². The Labute approximate surface area is 195 Å². The van der Waals surface area contributed by atoms with E-state index >= 15 is 0 Å². The summed E-state index contributed by atoms with van der Waals surface area (Å²) in [5.74, 6) is -0.812. The number of likely N-dealkylation sites (tertiary alicyclic amines) is 1. The van der Waals surface area contributed by atoms with Gasteiger partial charge in [-0.25, -0.2) is 0 Å². The Kier molecular flexibility index (Phi) is 6.60. The molecule has 2 aromatic rings. The summed E-state index contributed by atoms with van der Waals surface area (Å²) in [6.45, 7) is 1.47. The van der Waals surface area contributed by atoms with Crippen LogP contribution in [0.2, 0.25) is 10.0 Å². The first kappa shape index (κ1) is 22.5.